The molecule has 2 aliphatic rings. The maximum absolute atomic E-state index is 6.09. The van der Waals surface area contributed by atoms with E-state index in [4.69, 9.17) is 18.9 Å². The van der Waals surface area contributed by atoms with E-state index in [0.29, 0.717) is 0 Å². The molecule has 0 N–H and O–H groups in total. The standard InChI is InChI=1S/C36H38O4/c1-27-7-11-29(12-8-27)33(37-3)19-23-35(39-5,24-20-33)31-15-17-32(18-16-31)36(40-6)25-21-34(38-4,22-26-36)30-13-9-28(2)10-14-30/h7-26H,1-6H3. The summed E-state index contributed by atoms with van der Waals surface area (Å²) in [4.78, 5) is 0. The summed E-state index contributed by atoms with van der Waals surface area (Å²) in [7, 11) is 6.92. The topological polar surface area (TPSA) is 36.9 Å². The zero-order chi connectivity index (χ0) is 28.4. The maximum Gasteiger partial charge on any atom is 0.129 e. The summed E-state index contributed by atoms with van der Waals surface area (Å²) in [6, 6.07) is 25.2. The van der Waals surface area contributed by atoms with E-state index in [1.807, 2.05) is 0 Å². The van der Waals surface area contributed by atoms with Crippen LogP contribution in [0.1, 0.15) is 33.4 Å². The average molecular weight is 535 g/mol. The molecule has 0 amide bonds. The molecule has 0 fully saturated rings. The number of aryl methyl sites for hydroxylation is 2. The van der Waals surface area contributed by atoms with E-state index in [0.717, 1.165) is 22.3 Å². The number of ether oxygens (including phenoxy) is 4. The quantitative estimate of drug-likeness (QED) is 0.284. The molecule has 3 aromatic rings. The summed E-state index contributed by atoms with van der Waals surface area (Å²) in [5.74, 6) is 0. The number of rotatable bonds is 8. The van der Waals surface area contributed by atoms with Crippen LogP contribution in [0.3, 0.4) is 0 Å². The monoisotopic (exact) mass is 534 g/mol. The Hall–Kier alpha value is -3.54. The third-order valence-electron chi connectivity index (χ3n) is 8.46. The molecule has 0 bridgehead atoms. The van der Waals surface area contributed by atoms with Crippen molar-refractivity contribution in [2.45, 2.75) is 36.3 Å². The van der Waals surface area contributed by atoms with Crippen LogP contribution in [0, 0.1) is 13.8 Å². The number of hydrogen-bond donors (Lipinski definition) is 0. The Morgan fingerprint density at radius 3 is 0.675 bits per heavy atom. The predicted molar refractivity (Wildman–Crippen MR) is 160 cm³/mol. The Bertz CT molecular complexity index is 1300. The number of benzene rings is 3. The molecule has 0 saturated heterocycles. The van der Waals surface area contributed by atoms with Gasteiger partial charge in [0.05, 0.1) is 0 Å². The summed E-state index contributed by atoms with van der Waals surface area (Å²) in [6.45, 7) is 4.17. The predicted octanol–water partition coefficient (Wildman–Crippen LogP) is 7.32. The van der Waals surface area contributed by atoms with Gasteiger partial charge in [-0.25, -0.2) is 0 Å². The summed E-state index contributed by atoms with van der Waals surface area (Å²) in [5.41, 5.74) is 3.90. The first-order valence-electron chi connectivity index (χ1n) is 13.6. The smallest absolute Gasteiger partial charge is 0.129 e. The zero-order valence-electron chi connectivity index (χ0n) is 24.2. The highest BCUT2D eigenvalue weighted by Gasteiger charge is 2.39. The molecule has 0 aliphatic heterocycles. The fourth-order valence-corrected chi connectivity index (χ4v) is 5.62. The lowest BCUT2D eigenvalue weighted by Gasteiger charge is -2.37. The van der Waals surface area contributed by atoms with Gasteiger partial charge in [0.25, 0.3) is 0 Å². The molecule has 0 heterocycles. The minimum atomic E-state index is -0.708. The van der Waals surface area contributed by atoms with Gasteiger partial charge >= 0.3 is 0 Å². The molecule has 0 saturated carbocycles. The zero-order valence-corrected chi connectivity index (χ0v) is 24.2. The molecule has 4 nitrogen and oxygen atoms in total. The second kappa shape index (κ2) is 10.8. The highest BCUT2D eigenvalue weighted by atomic mass is 16.5. The van der Waals surface area contributed by atoms with Crippen LogP contribution in [-0.4, -0.2) is 28.4 Å². The molecule has 2 aliphatic carbocycles. The molecule has 0 spiro atoms. The first kappa shape index (κ1) is 28.0. The Labute approximate surface area is 238 Å². The van der Waals surface area contributed by atoms with E-state index >= 15 is 0 Å². The van der Waals surface area contributed by atoms with Gasteiger partial charge in [-0.15, -0.1) is 0 Å². The highest BCUT2D eigenvalue weighted by Crippen LogP contribution is 2.42. The van der Waals surface area contributed by atoms with Crippen LogP contribution in [0.5, 0.6) is 0 Å². The van der Waals surface area contributed by atoms with Gasteiger partial charge in [0.15, 0.2) is 0 Å². The van der Waals surface area contributed by atoms with Gasteiger partial charge in [0.2, 0.25) is 0 Å². The van der Waals surface area contributed by atoms with Crippen LogP contribution in [0.2, 0.25) is 0 Å². The van der Waals surface area contributed by atoms with Crippen molar-refractivity contribution in [1.82, 2.24) is 0 Å². The number of methoxy groups -OCH3 is 4. The molecule has 5 rings (SSSR count). The Balaban J connectivity index is 1.43. The SMILES string of the molecule is COC1(c2ccc(C)cc2)C=CC(OC)(c2ccc(C3(OC)C=CC(OC)(c4ccc(C)cc4)C=C3)cc2)C=C1. The van der Waals surface area contributed by atoms with Crippen molar-refractivity contribution in [2.75, 3.05) is 28.4 Å². The molecule has 0 atom stereocenters. The van der Waals surface area contributed by atoms with Crippen molar-refractivity contribution in [3.63, 3.8) is 0 Å². The van der Waals surface area contributed by atoms with Gasteiger partial charge < -0.3 is 18.9 Å². The lowest BCUT2D eigenvalue weighted by atomic mass is 9.79. The second-order valence-electron chi connectivity index (χ2n) is 10.6. The molecular weight excluding hydrogens is 496 g/mol. The van der Waals surface area contributed by atoms with Gasteiger partial charge in [-0.3, -0.25) is 0 Å². The molecular formula is C36H38O4. The van der Waals surface area contributed by atoms with E-state index in [1.165, 1.54) is 11.1 Å². The van der Waals surface area contributed by atoms with Crippen LogP contribution >= 0.6 is 0 Å². The van der Waals surface area contributed by atoms with Crippen LogP contribution in [0.25, 0.3) is 0 Å². The van der Waals surface area contributed by atoms with Crippen LogP contribution in [-0.2, 0) is 41.4 Å². The molecule has 40 heavy (non-hydrogen) atoms. The van der Waals surface area contributed by atoms with Crippen molar-refractivity contribution in [1.29, 1.82) is 0 Å². The maximum atomic E-state index is 6.09. The van der Waals surface area contributed by atoms with Crippen LogP contribution in [0.15, 0.2) is 121 Å². The fraction of sp³-hybridized carbons (Fsp3) is 0.278. The summed E-state index contributed by atoms with van der Waals surface area (Å²) >= 11 is 0. The normalized spacial score (nSPS) is 29.1. The van der Waals surface area contributed by atoms with Crippen LogP contribution < -0.4 is 0 Å². The van der Waals surface area contributed by atoms with E-state index in [9.17, 15) is 0 Å². The van der Waals surface area contributed by atoms with Crippen molar-refractivity contribution in [3.8, 4) is 0 Å². The fourth-order valence-electron chi connectivity index (χ4n) is 5.62. The van der Waals surface area contributed by atoms with E-state index < -0.39 is 22.4 Å². The lowest BCUT2D eigenvalue weighted by Crippen LogP contribution is -2.34. The third-order valence-corrected chi connectivity index (χ3v) is 8.46. The summed E-state index contributed by atoms with van der Waals surface area (Å²) in [5, 5.41) is 0. The highest BCUT2D eigenvalue weighted by molar-refractivity contribution is 5.48. The second-order valence-corrected chi connectivity index (χ2v) is 10.6. The molecule has 4 heteroatoms. The Morgan fingerprint density at radius 2 is 0.500 bits per heavy atom. The van der Waals surface area contributed by atoms with Gasteiger partial charge in [-0.05, 0) is 84.7 Å². The molecule has 206 valence electrons. The molecule has 0 unspecified atom stereocenters. The molecule has 0 aromatic heterocycles. The third kappa shape index (κ3) is 4.71. The first-order chi connectivity index (χ1) is 19.3. The Morgan fingerprint density at radius 1 is 0.325 bits per heavy atom. The first-order valence-corrected chi connectivity index (χ1v) is 13.6. The van der Waals surface area contributed by atoms with E-state index in [2.05, 4.69) is 135 Å². The van der Waals surface area contributed by atoms with Crippen molar-refractivity contribution < 1.29 is 18.9 Å². The Kier molecular flexibility index (Phi) is 7.56. The van der Waals surface area contributed by atoms with E-state index in [-0.39, 0.29) is 0 Å². The minimum Gasteiger partial charge on any atom is -0.365 e. The van der Waals surface area contributed by atoms with Crippen molar-refractivity contribution in [2.24, 2.45) is 0 Å². The van der Waals surface area contributed by atoms with Gasteiger partial charge in [0, 0.05) is 28.4 Å². The average Bonchev–Trinajstić information content (AvgIpc) is 3.02. The summed E-state index contributed by atoms with van der Waals surface area (Å²) < 4.78 is 24.2. The van der Waals surface area contributed by atoms with Crippen molar-refractivity contribution in [3.05, 3.63) is 155 Å². The van der Waals surface area contributed by atoms with Crippen LogP contribution in [0.4, 0.5) is 0 Å². The van der Waals surface area contributed by atoms with E-state index in [1.54, 1.807) is 28.4 Å². The van der Waals surface area contributed by atoms with Gasteiger partial charge in [0.1, 0.15) is 22.4 Å². The molecule has 3 aromatic carbocycles. The van der Waals surface area contributed by atoms with Gasteiger partial charge in [-0.1, -0.05) is 83.9 Å². The van der Waals surface area contributed by atoms with Crippen molar-refractivity contribution >= 4 is 0 Å². The lowest BCUT2D eigenvalue weighted by molar-refractivity contribution is 0.0406. The molecule has 0 radical (unpaired) electrons. The largest absolute Gasteiger partial charge is 0.365 e. The number of hydrogen-bond acceptors (Lipinski definition) is 4. The summed E-state index contributed by atoms with van der Waals surface area (Å²) in [6.07, 6.45) is 16.6. The van der Waals surface area contributed by atoms with Gasteiger partial charge in [-0.2, -0.15) is 0 Å². The minimum absolute atomic E-state index is 0.640.